The van der Waals surface area contributed by atoms with E-state index in [1.54, 1.807) is 0 Å². The third-order valence-corrected chi connectivity index (χ3v) is 4.76. The van der Waals surface area contributed by atoms with E-state index in [4.69, 9.17) is 4.74 Å². The minimum atomic E-state index is 0. The van der Waals surface area contributed by atoms with Gasteiger partial charge in [-0.05, 0) is 29.9 Å². The Labute approximate surface area is 128 Å². The molecule has 2 fully saturated rings. The predicted octanol–water partition coefficient (Wildman–Crippen LogP) is 3.99. The molecule has 1 aromatic rings. The molecule has 2 nitrogen and oxygen atoms in total. The quantitative estimate of drug-likeness (QED) is 0.891. The number of halogens is 1. The third kappa shape index (κ3) is 2.61. The summed E-state index contributed by atoms with van der Waals surface area (Å²) in [7, 11) is 0. The van der Waals surface area contributed by atoms with E-state index in [1.807, 2.05) is 0 Å². The highest BCUT2D eigenvalue weighted by Gasteiger charge is 2.45. The lowest BCUT2D eigenvalue weighted by Crippen LogP contribution is -2.59. The Bertz CT molecular complexity index is 434. The summed E-state index contributed by atoms with van der Waals surface area (Å²) in [5.41, 5.74) is 3.03. The molecule has 2 unspecified atom stereocenters. The van der Waals surface area contributed by atoms with Crippen molar-refractivity contribution in [1.82, 2.24) is 5.32 Å². The summed E-state index contributed by atoms with van der Waals surface area (Å²) in [6, 6.07) is 8.95. The van der Waals surface area contributed by atoms with Crippen LogP contribution in [-0.4, -0.2) is 19.3 Å². The molecule has 1 saturated heterocycles. The molecule has 0 aromatic heterocycles. The molecule has 0 bridgehead atoms. The molecule has 3 heteroatoms. The third-order valence-electron chi connectivity index (χ3n) is 4.76. The minimum absolute atomic E-state index is 0. The first kappa shape index (κ1) is 15.8. The summed E-state index contributed by atoms with van der Waals surface area (Å²) < 4.78 is 6.11. The Morgan fingerprint density at radius 1 is 1.25 bits per heavy atom. The van der Waals surface area contributed by atoms with E-state index in [9.17, 15) is 0 Å². The van der Waals surface area contributed by atoms with Crippen molar-refractivity contribution in [3.05, 3.63) is 35.4 Å². The second-order valence-electron chi connectivity index (χ2n) is 6.25. The summed E-state index contributed by atoms with van der Waals surface area (Å²) in [5.74, 6) is 0.567. The van der Waals surface area contributed by atoms with E-state index < -0.39 is 0 Å². The van der Waals surface area contributed by atoms with Crippen LogP contribution in [0.4, 0.5) is 0 Å². The number of hydrogen-bond acceptors (Lipinski definition) is 2. The SMILES string of the molecule is CC(C)c1ccccc1C12CCCCC1OCCN2.Cl. The van der Waals surface area contributed by atoms with Crippen molar-refractivity contribution in [3.8, 4) is 0 Å². The number of nitrogens with one attached hydrogen (secondary N) is 1. The number of hydrogen-bond donors (Lipinski definition) is 1. The zero-order valence-corrected chi connectivity index (χ0v) is 13.3. The first-order chi connectivity index (χ1) is 9.24. The summed E-state index contributed by atoms with van der Waals surface area (Å²) in [6.07, 6.45) is 5.37. The van der Waals surface area contributed by atoms with Gasteiger partial charge in [0.2, 0.25) is 0 Å². The van der Waals surface area contributed by atoms with Crippen molar-refractivity contribution < 1.29 is 4.74 Å². The molecule has 20 heavy (non-hydrogen) atoms. The minimum Gasteiger partial charge on any atom is -0.375 e. The molecule has 2 aliphatic rings. The van der Waals surface area contributed by atoms with Crippen LogP contribution in [0, 0.1) is 0 Å². The fraction of sp³-hybridized carbons (Fsp3) is 0.647. The number of benzene rings is 1. The molecule has 1 saturated carbocycles. The van der Waals surface area contributed by atoms with E-state index in [1.165, 1.54) is 36.8 Å². The Kier molecular flexibility index (Phi) is 5.11. The van der Waals surface area contributed by atoms with Gasteiger partial charge in [-0.1, -0.05) is 51.0 Å². The monoisotopic (exact) mass is 295 g/mol. The van der Waals surface area contributed by atoms with Gasteiger partial charge in [-0.25, -0.2) is 0 Å². The molecule has 0 radical (unpaired) electrons. The van der Waals surface area contributed by atoms with E-state index in [-0.39, 0.29) is 17.9 Å². The van der Waals surface area contributed by atoms with Crippen LogP contribution in [0.1, 0.15) is 56.6 Å². The maximum Gasteiger partial charge on any atom is 0.0799 e. The van der Waals surface area contributed by atoms with Gasteiger partial charge in [0.15, 0.2) is 0 Å². The number of morpholine rings is 1. The summed E-state index contributed by atoms with van der Waals surface area (Å²) >= 11 is 0. The van der Waals surface area contributed by atoms with Gasteiger partial charge in [0.25, 0.3) is 0 Å². The fourth-order valence-electron chi connectivity index (χ4n) is 3.85. The Balaban J connectivity index is 0.00000147. The first-order valence-corrected chi connectivity index (χ1v) is 7.70. The molecule has 1 N–H and O–H groups in total. The topological polar surface area (TPSA) is 21.3 Å². The van der Waals surface area contributed by atoms with Gasteiger partial charge in [-0.2, -0.15) is 0 Å². The molecule has 1 aliphatic carbocycles. The highest BCUT2D eigenvalue weighted by molar-refractivity contribution is 5.85. The number of ether oxygens (including phenoxy) is 1. The molecule has 1 heterocycles. The largest absolute Gasteiger partial charge is 0.375 e. The molecule has 1 aliphatic heterocycles. The highest BCUT2D eigenvalue weighted by atomic mass is 35.5. The van der Waals surface area contributed by atoms with Crippen LogP contribution in [0.5, 0.6) is 0 Å². The molecule has 0 spiro atoms. The molecule has 1 aromatic carbocycles. The van der Waals surface area contributed by atoms with Crippen molar-refractivity contribution >= 4 is 12.4 Å². The van der Waals surface area contributed by atoms with Gasteiger partial charge < -0.3 is 10.1 Å². The standard InChI is InChI=1S/C17H25NO.ClH/c1-13(2)14-7-3-4-8-15(14)17-10-6-5-9-16(17)19-12-11-18-17;/h3-4,7-8,13,16,18H,5-6,9-12H2,1-2H3;1H. The molecular formula is C17H26ClNO. The van der Waals surface area contributed by atoms with E-state index in [0.29, 0.717) is 12.0 Å². The normalized spacial score (nSPS) is 29.6. The van der Waals surface area contributed by atoms with Crippen LogP contribution >= 0.6 is 12.4 Å². The molecule has 112 valence electrons. The van der Waals surface area contributed by atoms with Crippen molar-refractivity contribution in [1.29, 1.82) is 0 Å². The second kappa shape index (κ2) is 6.46. The lowest BCUT2D eigenvalue weighted by atomic mass is 9.71. The molecular weight excluding hydrogens is 270 g/mol. The molecule has 3 rings (SSSR count). The van der Waals surface area contributed by atoms with Gasteiger partial charge in [0.1, 0.15) is 0 Å². The average Bonchev–Trinajstić information content (AvgIpc) is 2.47. The van der Waals surface area contributed by atoms with Crippen LogP contribution in [-0.2, 0) is 10.3 Å². The lowest BCUT2D eigenvalue weighted by Gasteiger charge is -2.49. The van der Waals surface area contributed by atoms with E-state index in [2.05, 4.69) is 43.4 Å². The van der Waals surface area contributed by atoms with E-state index >= 15 is 0 Å². The van der Waals surface area contributed by atoms with Crippen LogP contribution in [0.2, 0.25) is 0 Å². The zero-order valence-electron chi connectivity index (χ0n) is 12.5. The first-order valence-electron chi connectivity index (χ1n) is 7.70. The van der Waals surface area contributed by atoms with Gasteiger partial charge in [0, 0.05) is 6.54 Å². The number of fused-ring (bicyclic) bond motifs is 1. The van der Waals surface area contributed by atoms with Crippen LogP contribution in [0.15, 0.2) is 24.3 Å². The predicted molar refractivity (Wildman–Crippen MR) is 85.7 cm³/mol. The van der Waals surface area contributed by atoms with E-state index in [0.717, 1.165) is 13.2 Å². The summed E-state index contributed by atoms with van der Waals surface area (Å²) in [4.78, 5) is 0. The van der Waals surface area contributed by atoms with Crippen molar-refractivity contribution in [2.24, 2.45) is 0 Å². The lowest BCUT2D eigenvalue weighted by molar-refractivity contribution is -0.0760. The van der Waals surface area contributed by atoms with Crippen molar-refractivity contribution in [3.63, 3.8) is 0 Å². The summed E-state index contributed by atoms with van der Waals surface area (Å²) in [6.45, 7) is 6.41. The van der Waals surface area contributed by atoms with Gasteiger partial charge >= 0.3 is 0 Å². The van der Waals surface area contributed by atoms with Crippen molar-refractivity contribution in [2.75, 3.05) is 13.2 Å². The van der Waals surface area contributed by atoms with Gasteiger partial charge in [-0.15, -0.1) is 12.4 Å². The molecule has 0 amide bonds. The average molecular weight is 296 g/mol. The highest BCUT2D eigenvalue weighted by Crippen LogP contribution is 2.43. The Hall–Kier alpha value is -0.570. The Morgan fingerprint density at radius 2 is 2.05 bits per heavy atom. The second-order valence-corrected chi connectivity index (χ2v) is 6.25. The number of rotatable bonds is 2. The van der Waals surface area contributed by atoms with Crippen LogP contribution in [0.3, 0.4) is 0 Å². The van der Waals surface area contributed by atoms with Crippen LogP contribution in [0.25, 0.3) is 0 Å². The maximum atomic E-state index is 6.11. The van der Waals surface area contributed by atoms with Crippen molar-refractivity contribution in [2.45, 2.75) is 57.1 Å². The zero-order chi connectivity index (χ0) is 13.3. The maximum absolute atomic E-state index is 6.11. The molecule has 2 atom stereocenters. The van der Waals surface area contributed by atoms with Crippen LogP contribution < -0.4 is 5.32 Å². The summed E-state index contributed by atoms with van der Waals surface area (Å²) in [5, 5.41) is 3.82. The Morgan fingerprint density at radius 3 is 2.85 bits per heavy atom. The van der Waals surface area contributed by atoms with Gasteiger partial charge in [0.05, 0.1) is 18.2 Å². The fourth-order valence-corrected chi connectivity index (χ4v) is 3.85. The smallest absolute Gasteiger partial charge is 0.0799 e. The van der Waals surface area contributed by atoms with Gasteiger partial charge in [-0.3, -0.25) is 0 Å².